The van der Waals surface area contributed by atoms with E-state index in [2.05, 4.69) is 29.1 Å². The molecule has 0 radical (unpaired) electrons. The van der Waals surface area contributed by atoms with Crippen LogP contribution in [0.25, 0.3) is 0 Å². The first kappa shape index (κ1) is 12.9. The third-order valence-corrected chi connectivity index (χ3v) is 3.31. The van der Waals surface area contributed by atoms with Crippen molar-refractivity contribution in [2.24, 2.45) is 5.73 Å². The number of rotatable bonds is 5. The molecule has 1 aliphatic heterocycles. The van der Waals surface area contributed by atoms with Gasteiger partial charge in [-0.15, -0.1) is 0 Å². The van der Waals surface area contributed by atoms with Gasteiger partial charge in [0, 0.05) is 18.9 Å². The largest absolute Gasteiger partial charge is 0.359 e. The summed E-state index contributed by atoms with van der Waals surface area (Å²) in [6, 6.07) is 6.97. The third-order valence-electron chi connectivity index (χ3n) is 3.31. The van der Waals surface area contributed by atoms with E-state index in [0.717, 1.165) is 31.7 Å². The molecule has 0 fully saturated rings. The van der Waals surface area contributed by atoms with E-state index < -0.39 is 0 Å². The molecule has 1 aromatic rings. The number of benzene rings is 1. The average Bonchev–Trinajstić information content (AvgIpc) is 2.85. The Morgan fingerprint density at radius 1 is 1.28 bits per heavy atom. The van der Waals surface area contributed by atoms with Crippen molar-refractivity contribution in [3.63, 3.8) is 0 Å². The molecule has 1 unspecified atom stereocenters. The van der Waals surface area contributed by atoms with E-state index in [9.17, 15) is 4.39 Å². The zero-order valence-corrected chi connectivity index (χ0v) is 10.7. The summed E-state index contributed by atoms with van der Waals surface area (Å²) in [4.78, 5) is 4.48. The van der Waals surface area contributed by atoms with Gasteiger partial charge in [-0.05, 0) is 37.6 Å². The second kappa shape index (κ2) is 5.87. The van der Waals surface area contributed by atoms with E-state index in [1.165, 1.54) is 12.1 Å². The van der Waals surface area contributed by atoms with Gasteiger partial charge in [0.2, 0.25) is 0 Å². The van der Waals surface area contributed by atoms with Crippen molar-refractivity contribution < 1.29 is 4.39 Å². The molecule has 4 heteroatoms. The molecular formula is C14H20FN3. The smallest absolute Gasteiger partial charge is 0.123 e. The molecule has 1 atom stereocenters. The lowest BCUT2D eigenvalue weighted by Crippen LogP contribution is -2.28. The van der Waals surface area contributed by atoms with E-state index in [1.54, 1.807) is 0 Å². The Balaban J connectivity index is 1.93. The predicted molar refractivity (Wildman–Crippen MR) is 71.0 cm³/mol. The highest BCUT2D eigenvalue weighted by Crippen LogP contribution is 2.23. The van der Waals surface area contributed by atoms with Gasteiger partial charge in [-0.2, -0.15) is 0 Å². The zero-order valence-electron chi connectivity index (χ0n) is 10.7. The summed E-state index contributed by atoms with van der Waals surface area (Å²) in [7, 11) is 0. The summed E-state index contributed by atoms with van der Waals surface area (Å²) in [6.45, 7) is 4.71. The number of hydrogen-bond donors (Lipinski definition) is 1. The van der Waals surface area contributed by atoms with Crippen molar-refractivity contribution in [1.29, 1.82) is 0 Å². The fraction of sp³-hybridized carbons (Fsp3) is 0.429. The second-order valence-electron chi connectivity index (χ2n) is 4.64. The SMILES string of the molecule is CC(c1ccc(F)cc1)N1C=CN(CCCN)C1. The van der Waals surface area contributed by atoms with Gasteiger partial charge < -0.3 is 15.5 Å². The van der Waals surface area contributed by atoms with E-state index in [0.29, 0.717) is 0 Å². The first-order chi connectivity index (χ1) is 8.70. The molecular weight excluding hydrogens is 229 g/mol. The topological polar surface area (TPSA) is 32.5 Å². The Kier molecular flexibility index (Phi) is 4.20. The molecule has 0 bridgehead atoms. The minimum absolute atomic E-state index is 0.188. The van der Waals surface area contributed by atoms with Crippen molar-refractivity contribution in [2.45, 2.75) is 19.4 Å². The van der Waals surface area contributed by atoms with Gasteiger partial charge in [-0.1, -0.05) is 12.1 Å². The molecule has 2 N–H and O–H groups in total. The summed E-state index contributed by atoms with van der Waals surface area (Å²) in [5, 5.41) is 0. The molecule has 0 aromatic heterocycles. The van der Waals surface area contributed by atoms with Gasteiger partial charge in [0.05, 0.1) is 12.7 Å². The minimum atomic E-state index is -0.188. The van der Waals surface area contributed by atoms with Crippen LogP contribution in [0, 0.1) is 5.82 Å². The van der Waals surface area contributed by atoms with Crippen LogP contribution in [0.4, 0.5) is 4.39 Å². The molecule has 18 heavy (non-hydrogen) atoms. The van der Waals surface area contributed by atoms with Crippen LogP contribution in [-0.2, 0) is 0 Å². The van der Waals surface area contributed by atoms with Gasteiger partial charge in [0.1, 0.15) is 5.82 Å². The van der Waals surface area contributed by atoms with Crippen LogP contribution in [0.5, 0.6) is 0 Å². The van der Waals surface area contributed by atoms with Crippen LogP contribution in [0.2, 0.25) is 0 Å². The fourth-order valence-electron chi connectivity index (χ4n) is 2.11. The van der Waals surface area contributed by atoms with Gasteiger partial charge in [0.15, 0.2) is 0 Å². The third kappa shape index (κ3) is 3.01. The van der Waals surface area contributed by atoms with Crippen molar-refractivity contribution >= 4 is 0 Å². The first-order valence-corrected chi connectivity index (χ1v) is 6.34. The van der Waals surface area contributed by atoms with Gasteiger partial charge in [-0.25, -0.2) is 4.39 Å². The summed E-state index contributed by atoms with van der Waals surface area (Å²) in [5.41, 5.74) is 6.63. The number of nitrogens with two attached hydrogens (primary N) is 1. The fourth-order valence-corrected chi connectivity index (χ4v) is 2.11. The second-order valence-corrected chi connectivity index (χ2v) is 4.64. The van der Waals surface area contributed by atoms with E-state index in [4.69, 9.17) is 5.73 Å². The predicted octanol–water partition coefficient (Wildman–Crippen LogP) is 2.28. The monoisotopic (exact) mass is 249 g/mol. The van der Waals surface area contributed by atoms with E-state index in [-0.39, 0.29) is 11.9 Å². The lowest BCUT2D eigenvalue weighted by Gasteiger charge is -2.27. The van der Waals surface area contributed by atoms with Crippen LogP contribution < -0.4 is 5.73 Å². The van der Waals surface area contributed by atoms with E-state index >= 15 is 0 Å². The lowest BCUT2D eigenvalue weighted by atomic mass is 10.1. The van der Waals surface area contributed by atoms with Crippen LogP contribution in [0.3, 0.4) is 0 Å². The quantitative estimate of drug-likeness (QED) is 0.869. The highest BCUT2D eigenvalue weighted by molar-refractivity contribution is 5.20. The molecule has 0 aliphatic carbocycles. The Morgan fingerprint density at radius 2 is 2.00 bits per heavy atom. The maximum atomic E-state index is 12.9. The van der Waals surface area contributed by atoms with Crippen LogP contribution in [0.1, 0.15) is 24.9 Å². The molecule has 1 aliphatic rings. The Labute approximate surface area is 108 Å². The van der Waals surface area contributed by atoms with Crippen molar-refractivity contribution in [3.8, 4) is 0 Å². The van der Waals surface area contributed by atoms with Gasteiger partial charge in [0.25, 0.3) is 0 Å². The highest BCUT2D eigenvalue weighted by Gasteiger charge is 2.18. The van der Waals surface area contributed by atoms with Crippen molar-refractivity contribution in [2.75, 3.05) is 19.8 Å². The van der Waals surface area contributed by atoms with Crippen molar-refractivity contribution in [3.05, 3.63) is 48.0 Å². The van der Waals surface area contributed by atoms with Gasteiger partial charge >= 0.3 is 0 Å². The summed E-state index contributed by atoms with van der Waals surface area (Å²) in [5.74, 6) is -0.188. The number of halogens is 1. The normalized spacial score (nSPS) is 16.4. The Morgan fingerprint density at radius 3 is 2.67 bits per heavy atom. The molecule has 0 amide bonds. The summed E-state index contributed by atoms with van der Waals surface area (Å²) >= 11 is 0. The Bertz CT molecular complexity index is 402. The Hall–Kier alpha value is -1.55. The standard InChI is InChI=1S/C14H20FN3/c1-12(13-3-5-14(15)6-4-13)18-10-9-17(11-18)8-2-7-16/h3-6,9-10,12H,2,7-8,11,16H2,1H3. The molecule has 2 rings (SSSR count). The zero-order chi connectivity index (χ0) is 13.0. The van der Waals surface area contributed by atoms with Gasteiger partial charge in [-0.3, -0.25) is 0 Å². The summed E-state index contributed by atoms with van der Waals surface area (Å²) < 4.78 is 12.9. The molecule has 1 aromatic carbocycles. The minimum Gasteiger partial charge on any atom is -0.359 e. The molecule has 3 nitrogen and oxygen atoms in total. The molecule has 0 saturated heterocycles. The molecule has 0 spiro atoms. The molecule has 1 heterocycles. The van der Waals surface area contributed by atoms with Crippen LogP contribution >= 0.6 is 0 Å². The first-order valence-electron chi connectivity index (χ1n) is 6.34. The van der Waals surface area contributed by atoms with Crippen LogP contribution in [-0.4, -0.2) is 29.6 Å². The summed E-state index contributed by atoms with van der Waals surface area (Å²) in [6.07, 6.45) is 5.18. The van der Waals surface area contributed by atoms with Crippen LogP contribution in [0.15, 0.2) is 36.7 Å². The molecule has 98 valence electrons. The maximum absolute atomic E-state index is 12.9. The molecule has 0 saturated carbocycles. The average molecular weight is 249 g/mol. The number of nitrogens with zero attached hydrogens (tertiary/aromatic N) is 2. The lowest BCUT2D eigenvalue weighted by molar-refractivity contribution is 0.222. The maximum Gasteiger partial charge on any atom is 0.123 e. The number of hydrogen-bond acceptors (Lipinski definition) is 3. The van der Waals surface area contributed by atoms with Crippen molar-refractivity contribution in [1.82, 2.24) is 9.80 Å². The highest BCUT2D eigenvalue weighted by atomic mass is 19.1. The van der Waals surface area contributed by atoms with E-state index in [1.807, 2.05) is 12.1 Å².